The molecule has 3 atom stereocenters. The molecule has 0 aromatic heterocycles. The first-order valence-corrected chi connectivity index (χ1v) is 14.0. The summed E-state index contributed by atoms with van der Waals surface area (Å²) in [5.74, 6) is 1.65. The summed E-state index contributed by atoms with van der Waals surface area (Å²) in [5, 5.41) is -0.543. The zero-order chi connectivity index (χ0) is 25.1. The molecule has 0 saturated carbocycles. The summed E-state index contributed by atoms with van der Waals surface area (Å²) < 4.78 is 28.6. The number of aliphatic imine (C=N–C) groups is 1. The fourth-order valence-electron chi connectivity index (χ4n) is 5.05. The predicted molar refractivity (Wildman–Crippen MR) is 138 cm³/mol. The lowest BCUT2D eigenvalue weighted by atomic mass is 9.73. The molecule has 0 aliphatic carbocycles. The van der Waals surface area contributed by atoms with Crippen molar-refractivity contribution in [3.05, 3.63) is 11.3 Å². The Morgan fingerprint density at radius 1 is 1.12 bits per heavy atom. The Balaban J connectivity index is 1.95. The molecule has 3 heterocycles. The number of rotatable bonds is 6. The van der Waals surface area contributed by atoms with E-state index in [1.807, 2.05) is 13.8 Å². The lowest BCUT2D eigenvalue weighted by Gasteiger charge is -2.44. The molecule has 3 rings (SSSR count). The summed E-state index contributed by atoms with van der Waals surface area (Å²) in [5.41, 5.74) is 2.40. The zero-order valence-corrected chi connectivity index (χ0v) is 23.3. The van der Waals surface area contributed by atoms with Crippen LogP contribution in [-0.4, -0.2) is 71.7 Å². The minimum atomic E-state index is -3.52. The second-order valence-electron chi connectivity index (χ2n) is 11.9. The predicted octanol–water partition coefficient (Wildman–Crippen LogP) is 3.29. The first-order valence-electron chi connectivity index (χ1n) is 12.0. The Morgan fingerprint density at radius 2 is 1.70 bits per heavy atom. The normalized spacial score (nSPS) is 25.8. The van der Waals surface area contributed by atoms with Gasteiger partial charge in [0.25, 0.3) is 0 Å². The molecule has 9 heteroatoms. The van der Waals surface area contributed by atoms with Crippen LogP contribution in [0.4, 0.5) is 0 Å². The van der Waals surface area contributed by atoms with Gasteiger partial charge in [0, 0.05) is 44.7 Å². The van der Waals surface area contributed by atoms with Crippen LogP contribution in [-0.2, 0) is 14.8 Å². The van der Waals surface area contributed by atoms with E-state index in [-0.39, 0.29) is 36.5 Å². The maximum absolute atomic E-state index is 13.0. The summed E-state index contributed by atoms with van der Waals surface area (Å²) in [6.07, 6.45) is 0.638. The van der Waals surface area contributed by atoms with E-state index in [1.165, 1.54) is 18.2 Å². The van der Waals surface area contributed by atoms with Crippen molar-refractivity contribution in [1.29, 1.82) is 0 Å². The van der Waals surface area contributed by atoms with Crippen molar-refractivity contribution in [1.82, 2.24) is 14.5 Å². The average Bonchev–Trinajstić information content (AvgIpc) is 2.96. The number of sulfonamides is 1. The number of nitrogens with zero attached hydrogens (tertiary/aromatic N) is 3. The second-order valence-corrected chi connectivity index (χ2v) is 15.0. The van der Waals surface area contributed by atoms with Crippen molar-refractivity contribution in [2.24, 2.45) is 22.2 Å². The maximum Gasteiger partial charge on any atom is 0.219 e. The largest absolute Gasteiger partial charge is 0.340 e. The summed E-state index contributed by atoms with van der Waals surface area (Å²) >= 11 is 4.87. The fraction of sp³-hybridized carbons (Fsp3) is 0.833. The SMILES string of the molecule is CC(=O)N1CC(S(=O)(=O)N[C@H]2CC3=C(C(C)(C)C)[C@H](C(C)C(C)C)N=C(C(C)(C)S)N3C2)C1. The molecule has 3 aliphatic rings. The summed E-state index contributed by atoms with van der Waals surface area (Å²) in [6.45, 7) is 20.0. The number of carbonyl (C=O) groups excluding carboxylic acids is 1. The van der Waals surface area contributed by atoms with Gasteiger partial charge in [-0.2, -0.15) is 12.6 Å². The standard InChI is InChI=1S/C24H42N4O3S2/c1-14(2)15(3)21-20(23(5,6)7)19-10-17(11-28(19)22(25-21)24(8,9)32)26-33(30,31)18-12-27(13-18)16(4)29/h14-15,17-18,21,26,32H,10-13H2,1-9H3/t15?,17-,21-/m0/s1. The maximum atomic E-state index is 13.0. The van der Waals surface area contributed by atoms with Crippen LogP contribution in [0.5, 0.6) is 0 Å². The molecule has 1 N–H and O–H groups in total. The minimum Gasteiger partial charge on any atom is -0.340 e. The van der Waals surface area contributed by atoms with Gasteiger partial charge in [-0.15, -0.1) is 0 Å². The third kappa shape index (κ3) is 5.30. The van der Waals surface area contributed by atoms with Gasteiger partial charge in [-0.05, 0) is 36.7 Å². The highest BCUT2D eigenvalue weighted by Crippen LogP contribution is 2.45. The lowest BCUT2D eigenvalue weighted by molar-refractivity contribution is -0.131. The van der Waals surface area contributed by atoms with Gasteiger partial charge in [-0.25, -0.2) is 13.1 Å². The van der Waals surface area contributed by atoms with Crippen LogP contribution in [0.15, 0.2) is 16.3 Å². The quantitative estimate of drug-likeness (QED) is 0.551. The topological polar surface area (TPSA) is 82.1 Å². The molecule has 2 fully saturated rings. The number of hydrogen-bond acceptors (Lipinski definition) is 6. The summed E-state index contributed by atoms with van der Waals surface area (Å²) in [7, 11) is -3.52. The Hall–Kier alpha value is -1.06. The number of nitrogens with one attached hydrogen (secondary N) is 1. The van der Waals surface area contributed by atoms with Gasteiger partial charge in [0.05, 0.1) is 10.8 Å². The van der Waals surface area contributed by atoms with Crippen molar-refractivity contribution >= 4 is 34.4 Å². The molecule has 7 nitrogen and oxygen atoms in total. The third-order valence-corrected chi connectivity index (χ3v) is 9.30. The molecular formula is C24H42N4O3S2. The van der Waals surface area contributed by atoms with Crippen LogP contribution in [0, 0.1) is 17.3 Å². The number of carbonyl (C=O) groups is 1. The fourth-order valence-corrected chi connectivity index (χ4v) is 6.80. The van der Waals surface area contributed by atoms with Crippen LogP contribution in [0.2, 0.25) is 0 Å². The van der Waals surface area contributed by atoms with Gasteiger partial charge in [0.2, 0.25) is 15.9 Å². The first kappa shape index (κ1) is 26.5. The van der Waals surface area contributed by atoms with Crippen molar-refractivity contribution in [3.8, 4) is 0 Å². The molecule has 1 amide bonds. The number of fused-ring (bicyclic) bond motifs is 1. The van der Waals surface area contributed by atoms with E-state index in [4.69, 9.17) is 17.6 Å². The Labute approximate surface area is 205 Å². The van der Waals surface area contributed by atoms with E-state index < -0.39 is 20.0 Å². The Morgan fingerprint density at radius 3 is 2.15 bits per heavy atom. The summed E-state index contributed by atoms with van der Waals surface area (Å²) in [6, 6.07) is -0.188. The molecule has 3 aliphatic heterocycles. The number of amidine groups is 1. The number of hydrogen-bond donors (Lipinski definition) is 2. The zero-order valence-electron chi connectivity index (χ0n) is 21.6. The van der Waals surface area contributed by atoms with E-state index in [0.29, 0.717) is 24.8 Å². The van der Waals surface area contributed by atoms with Crippen LogP contribution in [0.1, 0.15) is 68.7 Å². The Kier molecular flexibility index (Phi) is 7.13. The molecule has 33 heavy (non-hydrogen) atoms. The highest BCUT2D eigenvalue weighted by atomic mass is 32.2. The monoisotopic (exact) mass is 498 g/mol. The molecule has 2 saturated heterocycles. The highest BCUT2D eigenvalue weighted by Gasteiger charge is 2.47. The van der Waals surface area contributed by atoms with Gasteiger partial charge >= 0.3 is 0 Å². The van der Waals surface area contributed by atoms with Crippen LogP contribution < -0.4 is 4.72 Å². The van der Waals surface area contributed by atoms with E-state index in [2.05, 4.69) is 51.2 Å². The van der Waals surface area contributed by atoms with E-state index in [9.17, 15) is 13.2 Å². The van der Waals surface area contributed by atoms with Gasteiger partial charge in [0.15, 0.2) is 0 Å². The third-order valence-electron chi connectivity index (χ3n) is 7.26. The number of thiol groups is 1. The molecular weight excluding hydrogens is 456 g/mol. The van der Waals surface area contributed by atoms with Gasteiger partial charge < -0.3 is 9.80 Å². The smallest absolute Gasteiger partial charge is 0.219 e. The van der Waals surface area contributed by atoms with Crippen molar-refractivity contribution in [3.63, 3.8) is 0 Å². The number of amides is 1. The molecule has 0 bridgehead atoms. The van der Waals surface area contributed by atoms with Crippen LogP contribution in [0.3, 0.4) is 0 Å². The summed E-state index contributed by atoms with van der Waals surface area (Å²) in [4.78, 5) is 20.5. The van der Waals surface area contributed by atoms with Gasteiger partial charge in [-0.1, -0.05) is 41.5 Å². The van der Waals surface area contributed by atoms with E-state index >= 15 is 0 Å². The lowest BCUT2D eigenvalue weighted by Crippen LogP contribution is -2.60. The minimum absolute atomic E-state index is 0.0452. The first-order chi connectivity index (χ1) is 14.9. The van der Waals surface area contributed by atoms with Crippen molar-refractivity contribution in [2.45, 2.75) is 90.8 Å². The van der Waals surface area contributed by atoms with Crippen molar-refractivity contribution < 1.29 is 13.2 Å². The molecule has 0 spiro atoms. The van der Waals surface area contributed by atoms with E-state index in [1.54, 1.807) is 4.90 Å². The van der Waals surface area contributed by atoms with Crippen LogP contribution in [0.25, 0.3) is 0 Å². The highest BCUT2D eigenvalue weighted by molar-refractivity contribution is 7.90. The second kappa shape index (κ2) is 8.86. The van der Waals surface area contributed by atoms with Crippen molar-refractivity contribution in [2.75, 3.05) is 19.6 Å². The van der Waals surface area contributed by atoms with Gasteiger partial charge in [0.1, 0.15) is 11.1 Å². The van der Waals surface area contributed by atoms with E-state index in [0.717, 1.165) is 5.84 Å². The Bertz CT molecular complexity index is 951. The van der Waals surface area contributed by atoms with Crippen LogP contribution >= 0.6 is 12.6 Å². The van der Waals surface area contributed by atoms with Gasteiger partial charge in [-0.3, -0.25) is 9.79 Å². The average molecular weight is 499 g/mol. The molecule has 0 aromatic carbocycles. The molecule has 188 valence electrons. The number of likely N-dealkylation sites (tertiary alicyclic amines) is 1. The molecule has 1 unspecified atom stereocenters. The molecule has 0 radical (unpaired) electrons. The molecule has 0 aromatic rings.